The molecule has 0 fully saturated rings. The third-order valence-electron chi connectivity index (χ3n) is 12.0. The molecule has 2 atom stereocenters. The molecule has 0 aromatic carbocycles. The van der Waals surface area contributed by atoms with Crippen LogP contribution in [0.5, 0.6) is 0 Å². The molecule has 0 aliphatic rings. The standard InChI is InChI=1S/2C26H52O4S.Ca/c2*1-3-5-7-9-11-12-13-14-15-16-17-18-20-22-24-26(25-30-31(27,28)29)23-21-19-10-8-6-4-2;/h2*22,24,26H,3-21,23,25H2,1-2H3,(H,27,28,29);/q;;+2/p-2/b2*24-22+;. The molecule has 2 unspecified atom stereocenters. The first-order chi connectivity index (χ1) is 30.0. The minimum Gasteiger partial charge on any atom is -0.726 e. The first-order valence-electron chi connectivity index (χ1n) is 26.5. The van der Waals surface area contributed by atoms with Gasteiger partial charge in [-0.2, -0.15) is 0 Å². The van der Waals surface area contributed by atoms with Crippen molar-refractivity contribution in [1.82, 2.24) is 0 Å². The second-order valence-electron chi connectivity index (χ2n) is 18.2. The van der Waals surface area contributed by atoms with E-state index in [1.165, 1.54) is 205 Å². The molecule has 0 radical (unpaired) electrons. The third kappa shape index (κ3) is 62.5. The van der Waals surface area contributed by atoms with E-state index in [0.717, 1.165) is 51.4 Å². The third-order valence-corrected chi connectivity index (χ3v) is 12.8. The zero-order valence-corrected chi connectivity index (χ0v) is 45.8. The van der Waals surface area contributed by atoms with Crippen molar-refractivity contribution in [2.45, 2.75) is 285 Å². The first kappa shape index (κ1) is 67.7. The van der Waals surface area contributed by atoms with Crippen LogP contribution in [0.1, 0.15) is 285 Å². The number of rotatable bonds is 48. The quantitative estimate of drug-likeness (QED) is 0.0194. The molecular formula is C52H102CaO8S2. The van der Waals surface area contributed by atoms with Crippen LogP contribution in [0, 0.1) is 11.8 Å². The molecule has 0 spiro atoms. The number of hydrogen-bond acceptors (Lipinski definition) is 8. The fraction of sp³-hybridized carbons (Fsp3) is 0.923. The summed E-state index contributed by atoms with van der Waals surface area (Å²) < 4.78 is 73.7. The van der Waals surface area contributed by atoms with Crippen molar-refractivity contribution in [2.24, 2.45) is 11.8 Å². The molecule has 63 heavy (non-hydrogen) atoms. The van der Waals surface area contributed by atoms with Crippen LogP contribution in [0.3, 0.4) is 0 Å². The van der Waals surface area contributed by atoms with Crippen LogP contribution in [-0.2, 0) is 29.2 Å². The Hall–Kier alpha value is 0.480. The molecule has 0 aromatic heterocycles. The van der Waals surface area contributed by atoms with Crippen molar-refractivity contribution >= 4 is 58.5 Å². The van der Waals surface area contributed by atoms with Crippen LogP contribution >= 0.6 is 0 Å². The summed E-state index contributed by atoms with van der Waals surface area (Å²) in [6.45, 7) is 8.91. The smallest absolute Gasteiger partial charge is 0.726 e. The van der Waals surface area contributed by atoms with Gasteiger partial charge in [-0.05, 0) is 38.5 Å². The summed E-state index contributed by atoms with van der Waals surface area (Å²) in [5.74, 6) is 0.0412. The summed E-state index contributed by atoms with van der Waals surface area (Å²) in [6, 6.07) is 0. The topological polar surface area (TPSA) is 133 Å². The predicted octanol–water partition coefficient (Wildman–Crippen LogP) is 16.6. The summed E-state index contributed by atoms with van der Waals surface area (Å²) in [4.78, 5) is 0. The average molecular weight is 960 g/mol. The van der Waals surface area contributed by atoms with E-state index in [1.54, 1.807) is 0 Å². The van der Waals surface area contributed by atoms with Gasteiger partial charge in [0.2, 0.25) is 20.8 Å². The molecule has 11 heteroatoms. The Labute approximate surface area is 423 Å². The van der Waals surface area contributed by atoms with Crippen molar-refractivity contribution in [1.29, 1.82) is 0 Å². The number of unbranched alkanes of at least 4 members (excludes halogenated alkanes) is 34. The van der Waals surface area contributed by atoms with Crippen LogP contribution in [-0.4, -0.2) is 76.9 Å². The SMILES string of the molecule is CCCCCCCCCCCCCC/C=C/C(CCCCCCCC)COS(=O)(=O)[O-].CCCCCCCCCCCCCC/C=C/C(CCCCCCCC)COS(=O)(=O)[O-].[Ca+2]. The van der Waals surface area contributed by atoms with Gasteiger partial charge >= 0.3 is 37.7 Å². The molecule has 0 rings (SSSR count). The van der Waals surface area contributed by atoms with Crippen LogP contribution < -0.4 is 0 Å². The molecule has 0 heterocycles. The number of allylic oxidation sites excluding steroid dienone is 2. The normalized spacial score (nSPS) is 13.0. The summed E-state index contributed by atoms with van der Waals surface area (Å²) in [6.07, 6.45) is 59.0. The average Bonchev–Trinajstić information content (AvgIpc) is 3.23. The van der Waals surface area contributed by atoms with Gasteiger partial charge in [-0.15, -0.1) is 0 Å². The van der Waals surface area contributed by atoms with Gasteiger partial charge in [0.1, 0.15) is 0 Å². The molecule has 0 aliphatic heterocycles. The maximum absolute atomic E-state index is 10.8. The van der Waals surface area contributed by atoms with E-state index in [-0.39, 0.29) is 62.8 Å². The van der Waals surface area contributed by atoms with Crippen molar-refractivity contribution in [2.75, 3.05) is 13.2 Å². The van der Waals surface area contributed by atoms with Gasteiger partial charge in [-0.3, -0.25) is 8.37 Å². The maximum Gasteiger partial charge on any atom is 2.00 e. The van der Waals surface area contributed by atoms with Gasteiger partial charge in [-0.25, -0.2) is 16.8 Å². The predicted molar refractivity (Wildman–Crippen MR) is 270 cm³/mol. The molecule has 372 valence electrons. The minimum atomic E-state index is -4.60. The van der Waals surface area contributed by atoms with Crippen LogP contribution in [0.25, 0.3) is 0 Å². The second kappa shape index (κ2) is 53.4. The van der Waals surface area contributed by atoms with Crippen LogP contribution in [0.15, 0.2) is 24.3 Å². The summed E-state index contributed by atoms with van der Waals surface area (Å²) in [5, 5.41) is 0. The summed E-state index contributed by atoms with van der Waals surface area (Å²) in [7, 11) is -9.21. The Kier molecular flexibility index (Phi) is 57.5. The van der Waals surface area contributed by atoms with Crippen LogP contribution in [0.4, 0.5) is 0 Å². The van der Waals surface area contributed by atoms with Gasteiger partial charge in [0, 0.05) is 11.8 Å². The Balaban J connectivity index is -0.00000112. The minimum absolute atomic E-state index is 0. The van der Waals surface area contributed by atoms with Crippen molar-refractivity contribution in [3.8, 4) is 0 Å². The van der Waals surface area contributed by atoms with Crippen LogP contribution in [0.2, 0.25) is 0 Å². The van der Waals surface area contributed by atoms with E-state index < -0.39 is 20.8 Å². The largest absolute Gasteiger partial charge is 2.00 e. The molecule has 0 saturated carbocycles. The molecule has 0 amide bonds. The summed E-state index contributed by atoms with van der Waals surface area (Å²) >= 11 is 0. The Morgan fingerprint density at radius 1 is 0.349 bits per heavy atom. The molecule has 0 saturated heterocycles. The summed E-state index contributed by atoms with van der Waals surface area (Å²) in [5.41, 5.74) is 0. The van der Waals surface area contributed by atoms with Gasteiger partial charge in [-0.1, -0.05) is 270 Å². The molecule has 0 aliphatic carbocycles. The van der Waals surface area contributed by atoms with Gasteiger partial charge in [0.15, 0.2) is 0 Å². The van der Waals surface area contributed by atoms with Gasteiger partial charge < -0.3 is 9.11 Å². The van der Waals surface area contributed by atoms with E-state index >= 15 is 0 Å². The molecule has 0 N–H and O–H groups in total. The zero-order valence-electron chi connectivity index (χ0n) is 42.0. The zero-order chi connectivity index (χ0) is 46.1. The maximum atomic E-state index is 10.8. The van der Waals surface area contributed by atoms with Gasteiger partial charge in [0.25, 0.3) is 0 Å². The van der Waals surface area contributed by atoms with Crippen molar-refractivity contribution in [3.63, 3.8) is 0 Å². The Morgan fingerprint density at radius 3 is 0.778 bits per heavy atom. The Morgan fingerprint density at radius 2 is 0.556 bits per heavy atom. The van der Waals surface area contributed by atoms with E-state index in [0.29, 0.717) is 0 Å². The van der Waals surface area contributed by atoms with Crippen molar-refractivity contribution in [3.05, 3.63) is 24.3 Å². The molecule has 0 bridgehead atoms. The van der Waals surface area contributed by atoms with E-state index in [4.69, 9.17) is 0 Å². The first-order valence-corrected chi connectivity index (χ1v) is 29.2. The van der Waals surface area contributed by atoms with Gasteiger partial charge in [0.05, 0.1) is 13.2 Å². The van der Waals surface area contributed by atoms with Crippen molar-refractivity contribution < 1.29 is 34.3 Å². The van der Waals surface area contributed by atoms with E-state index in [9.17, 15) is 25.9 Å². The molecule has 0 aromatic rings. The molecule has 8 nitrogen and oxygen atoms in total. The molecular weight excluding hydrogens is 857 g/mol. The fourth-order valence-corrected chi connectivity index (χ4v) is 8.65. The fourth-order valence-electron chi connectivity index (χ4n) is 7.97. The second-order valence-corrected chi connectivity index (χ2v) is 20.3. The monoisotopic (exact) mass is 959 g/mol. The number of hydrogen-bond donors (Lipinski definition) is 0. The van der Waals surface area contributed by atoms with E-state index in [1.807, 2.05) is 0 Å². The Bertz CT molecular complexity index is 1070. The van der Waals surface area contributed by atoms with E-state index in [2.05, 4.69) is 60.4 Å².